The lowest BCUT2D eigenvalue weighted by Gasteiger charge is -2.21. The van der Waals surface area contributed by atoms with Crippen LogP contribution in [0.4, 0.5) is 5.82 Å². The Balaban J connectivity index is 1.81. The van der Waals surface area contributed by atoms with Gasteiger partial charge in [0.05, 0.1) is 13.2 Å². The van der Waals surface area contributed by atoms with Crippen molar-refractivity contribution in [1.82, 2.24) is 9.55 Å². The average Bonchev–Trinajstić information content (AvgIpc) is 3.55. The zero-order valence-corrected chi connectivity index (χ0v) is 41.6. The van der Waals surface area contributed by atoms with Gasteiger partial charge in [-0.05, 0) is 44.6 Å². The molecule has 66 heavy (non-hydrogen) atoms. The third kappa shape index (κ3) is 28.1. The van der Waals surface area contributed by atoms with E-state index in [2.05, 4.69) is 35.3 Å². The Morgan fingerprint density at radius 3 is 1.71 bits per heavy atom. The monoisotopic (exact) mass is 980 g/mol. The van der Waals surface area contributed by atoms with Crippen LogP contribution in [0.25, 0.3) is 0 Å². The van der Waals surface area contributed by atoms with E-state index in [1.807, 2.05) is 0 Å². The van der Waals surface area contributed by atoms with E-state index in [0.29, 0.717) is 12.8 Å². The number of unbranched alkanes of at least 4 members (excludes halogenated alkanes) is 23. The van der Waals surface area contributed by atoms with Crippen LogP contribution in [0.5, 0.6) is 0 Å². The number of phosphoric acid groups is 2. The van der Waals surface area contributed by atoms with Gasteiger partial charge in [-0.2, -0.15) is 9.29 Å². The molecule has 382 valence electrons. The summed E-state index contributed by atoms with van der Waals surface area (Å²) in [5.41, 5.74) is 4.59. The third-order valence-electron chi connectivity index (χ3n) is 11.4. The number of aromatic nitrogens is 2. The highest BCUT2D eigenvalue weighted by atomic mass is 31.3. The molecule has 0 amide bonds. The van der Waals surface area contributed by atoms with Gasteiger partial charge in [0.1, 0.15) is 30.7 Å². The number of anilines is 1. The number of rotatable bonds is 41. The number of nitrogens with zero attached hydrogens (tertiary/aromatic N) is 2. The number of ether oxygens (including phenoxy) is 3. The number of esters is 2. The molecule has 7 unspecified atom stereocenters. The maximum absolute atomic E-state index is 12.8. The Kier molecular flexibility index (Phi) is 32.2. The Morgan fingerprint density at radius 1 is 0.712 bits per heavy atom. The summed E-state index contributed by atoms with van der Waals surface area (Å²) in [6.45, 7) is 2.15. The van der Waals surface area contributed by atoms with E-state index in [4.69, 9.17) is 29.0 Å². The highest BCUT2D eigenvalue weighted by Gasteiger charge is 2.46. The Bertz CT molecular complexity index is 1650. The van der Waals surface area contributed by atoms with Crippen LogP contribution >= 0.6 is 15.6 Å². The minimum Gasteiger partial charge on any atom is -0.462 e. The average molecular weight is 980 g/mol. The van der Waals surface area contributed by atoms with Crippen molar-refractivity contribution < 1.29 is 66.3 Å². The fourth-order valence-corrected chi connectivity index (χ4v) is 9.60. The van der Waals surface area contributed by atoms with Gasteiger partial charge in [-0.3, -0.25) is 23.2 Å². The maximum Gasteiger partial charge on any atom is 0.481 e. The molecule has 1 aromatic rings. The van der Waals surface area contributed by atoms with Crippen LogP contribution in [0.2, 0.25) is 0 Å². The van der Waals surface area contributed by atoms with Gasteiger partial charge in [0.15, 0.2) is 12.3 Å². The van der Waals surface area contributed by atoms with E-state index in [1.165, 1.54) is 89.3 Å². The molecule has 0 spiro atoms. The summed E-state index contributed by atoms with van der Waals surface area (Å²) < 4.78 is 56.7. The summed E-state index contributed by atoms with van der Waals surface area (Å²) in [5.74, 6) is -1.29. The van der Waals surface area contributed by atoms with Gasteiger partial charge >= 0.3 is 33.3 Å². The number of carbonyl (C=O) groups excluding carboxylic acids is 2. The molecule has 1 aromatic heterocycles. The Morgan fingerprint density at radius 2 is 1.18 bits per heavy atom. The highest BCUT2D eigenvalue weighted by molar-refractivity contribution is 7.61. The van der Waals surface area contributed by atoms with Gasteiger partial charge in [-0.25, -0.2) is 13.9 Å². The van der Waals surface area contributed by atoms with Gasteiger partial charge in [0.25, 0.3) is 0 Å². The number of hydrogen-bond donors (Lipinski definition) is 5. The second-order valence-corrected chi connectivity index (χ2v) is 20.4. The van der Waals surface area contributed by atoms with Crippen molar-refractivity contribution in [2.75, 3.05) is 25.6 Å². The third-order valence-corrected chi connectivity index (χ3v) is 14.0. The van der Waals surface area contributed by atoms with Crippen LogP contribution in [0.15, 0.2) is 29.2 Å². The number of allylic oxidation sites excluding steroid dienone is 2. The molecule has 0 radical (unpaired) electrons. The minimum atomic E-state index is -5.42. The quantitative estimate of drug-likeness (QED) is 0.0177. The standard InChI is InChI=1S/C46H83N3O15P2/c1-3-5-7-9-11-13-15-17-18-20-22-24-26-28-30-32-42(51)62-38(35-59-41(50)31-29-27-25-23-21-19-16-14-12-10-8-6-4-2)36-60-65(55,56)64-66(57,58)61-37-39-43(52)44(53)45(63-39)49-34-33-40(47)48-46(49)54/h13,15,33-34,38-39,43-45,52-53H,3-12,14,16-32,35-37H2,1-2H3,(H,55,56)(H,57,58)(H2,47,48,54). The van der Waals surface area contributed by atoms with Crippen molar-refractivity contribution in [2.24, 2.45) is 0 Å². The van der Waals surface area contributed by atoms with E-state index < -0.39 is 83.7 Å². The van der Waals surface area contributed by atoms with Crippen molar-refractivity contribution in [3.8, 4) is 0 Å². The second-order valence-electron chi connectivity index (χ2n) is 17.3. The smallest absolute Gasteiger partial charge is 0.462 e. The predicted molar refractivity (Wildman–Crippen MR) is 252 cm³/mol. The van der Waals surface area contributed by atoms with Gasteiger partial charge in [0.2, 0.25) is 0 Å². The molecule has 0 aliphatic carbocycles. The molecule has 6 N–H and O–H groups in total. The van der Waals surface area contributed by atoms with E-state index in [0.717, 1.165) is 81.6 Å². The molecule has 7 atom stereocenters. The van der Waals surface area contributed by atoms with Crippen LogP contribution in [-0.2, 0) is 46.3 Å². The highest BCUT2D eigenvalue weighted by Crippen LogP contribution is 2.60. The first kappa shape index (κ1) is 59.6. The first-order valence-corrected chi connectivity index (χ1v) is 27.7. The molecule has 18 nitrogen and oxygen atoms in total. The fourth-order valence-electron chi connectivity index (χ4n) is 7.48. The predicted octanol–water partition coefficient (Wildman–Crippen LogP) is 9.67. The molecular formula is C46H83N3O15P2. The number of nitrogens with two attached hydrogens (primary N) is 1. The van der Waals surface area contributed by atoms with Crippen molar-refractivity contribution >= 4 is 33.4 Å². The molecule has 1 aliphatic rings. The van der Waals surface area contributed by atoms with Crippen LogP contribution < -0.4 is 11.4 Å². The number of phosphoric ester groups is 2. The summed E-state index contributed by atoms with van der Waals surface area (Å²) >= 11 is 0. The summed E-state index contributed by atoms with van der Waals surface area (Å²) in [7, 11) is -10.8. The van der Waals surface area contributed by atoms with Crippen LogP contribution in [0.1, 0.15) is 200 Å². The molecule has 1 aliphatic heterocycles. The molecular weight excluding hydrogens is 896 g/mol. The molecule has 2 rings (SSSR count). The number of hydrogen-bond acceptors (Lipinski definition) is 15. The molecule has 0 aromatic carbocycles. The number of aliphatic hydroxyl groups is 2. The summed E-state index contributed by atoms with van der Waals surface area (Å²) in [5, 5.41) is 20.9. The topological polar surface area (TPSA) is 265 Å². The lowest BCUT2D eigenvalue weighted by molar-refractivity contribution is -0.161. The maximum atomic E-state index is 12.8. The largest absolute Gasteiger partial charge is 0.481 e. The molecule has 1 fully saturated rings. The van der Waals surface area contributed by atoms with Crippen molar-refractivity contribution in [1.29, 1.82) is 0 Å². The van der Waals surface area contributed by atoms with E-state index in [1.54, 1.807) is 0 Å². The second kappa shape index (κ2) is 35.6. The van der Waals surface area contributed by atoms with Gasteiger partial charge in [-0.15, -0.1) is 0 Å². The number of aliphatic hydroxyl groups excluding tert-OH is 2. The molecule has 2 heterocycles. The van der Waals surface area contributed by atoms with Gasteiger partial charge in [0, 0.05) is 19.0 Å². The SMILES string of the molecule is CCCCCCC=CCCCCCCCCCC(=O)OC(COC(=O)CCCCCCCCCCCCCCC)COP(=O)(O)OP(=O)(O)OCC1OC(n2ccc(N)nc2=O)C(O)C1O. The Hall–Kier alpha value is -2.50. The molecule has 0 bridgehead atoms. The summed E-state index contributed by atoms with van der Waals surface area (Å²) in [6, 6.07) is 1.25. The van der Waals surface area contributed by atoms with Crippen LogP contribution in [0, 0.1) is 0 Å². The molecule has 0 saturated carbocycles. The van der Waals surface area contributed by atoms with E-state index >= 15 is 0 Å². The first-order valence-electron chi connectivity index (χ1n) is 24.7. The molecule has 20 heteroatoms. The van der Waals surface area contributed by atoms with Gasteiger partial charge < -0.3 is 39.9 Å². The lowest BCUT2D eigenvalue weighted by atomic mass is 10.0. The van der Waals surface area contributed by atoms with Crippen LogP contribution in [0.3, 0.4) is 0 Å². The van der Waals surface area contributed by atoms with E-state index in [9.17, 15) is 43.5 Å². The van der Waals surface area contributed by atoms with E-state index in [-0.39, 0.29) is 18.7 Å². The minimum absolute atomic E-state index is 0.0492. The van der Waals surface area contributed by atoms with Crippen molar-refractivity contribution in [3.63, 3.8) is 0 Å². The Labute approximate surface area is 392 Å². The van der Waals surface area contributed by atoms with Crippen molar-refractivity contribution in [2.45, 2.75) is 224 Å². The fraction of sp³-hybridized carbons (Fsp3) is 0.826. The summed E-state index contributed by atoms with van der Waals surface area (Å²) in [6.07, 6.45) is 27.2. The lowest BCUT2D eigenvalue weighted by Crippen LogP contribution is -2.36. The summed E-state index contributed by atoms with van der Waals surface area (Å²) in [4.78, 5) is 61.8. The first-order chi connectivity index (χ1) is 31.7. The van der Waals surface area contributed by atoms with Gasteiger partial charge in [-0.1, -0.05) is 154 Å². The zero-order valence-electron chi connectivity index (χ0n) is 39.8. The van der Waals surface area contributed by atoms with Crippen LogP contribution in [-0.4, -0.2) is 85.7 Å². The number of carbonyl (C=O) groups is 2. The number of nitrogen functional groups attached to an aromatic ring is 1. The zero-order chi connectivity index (χ0) is 48.5. The molecule has 1 saturated heterocycles. The normalized spacial score (nSPS) is 19.7. The van der Waals surface area contributed by atoms with Crippen molar-refractivity contribution in [3.05, 3.63) is 34.9 Å².